The minimum absolute atomic E-state index is 0.0295. The summed E-state index contributed by atoms with van der Waals surface area (Å²) in [6, 6.07) is 3.42. The number of anilines is 1. The molecule has 0 atom stereocenters. The molecule has 1 aromatic rings. The van der Waals surface area contributed by atoms with Gasteiger partial charge in [-0.25, -0.2) is 4.39 Å². The van der Waals surface area contributed by atoms with Gasteiger partial charge < -0.3 is 21.3 Å². The molecule has 0 aromatic heterocycles. The molecule has 0 saturated carbocycles. The van der Waals surface area contributed by atoms with Gasteiger partial charge in [-0.15, -0.1) is 0 Å². The minimum atomic E-state index is -1.17. The third-order valence-corrected chi connectivity index (χ3v) is 2.37. The Balaban J connectivity index is 2.94. The van der Waals surface area contributed by atoms with E-state index < -0.39 is 30.5 Å². The van der Waals surface area contributed by atoms with Crippen molar-refractivity contribution in [3.05, 3.63) is 29.6 Å². The zero-order chi connectivity index (χ0) is 13.1. The van der Waals surface area contributed by atoms with Crippen molar-refractivity contribution in [2.75, 3.05) is 18.9 Å². The Hall–Kier alpha value is -1.66. The molecule has 0 saturated heterocycles. The molecule has 17 heavy (non-hydrogen) atoms. The average molecular weight is 242 g/mol. The summed E-state index contributed by atoms with van der Waals surface area (Å²) in [4.78, 5) is 11.8. The number of carbonyl (C=O) groups excluding carboxylic acids is 1. The van der Waals surface area contributed by atoms with Gasteiger partial charge >= 0.3 is 0 Å². The maximum absolute atomic E-state index is 13.0. The summed E-state index contributed by atoms with van der Waals surface area (Å²) in [5.74, 6) is -1.23. The summed E-state index contributed by atoms with van der Waals surface area (Å²) in [5, 5.41) is 20.4. The quantitative estimate of drug-likeness (QED) is 0.553. The molecule has 0 aliphatic heterocycles. The van der Waals surface area contributed by atoms with Crippen molar-refractivity contribution < 1.29 is 19.4 Å². The van der Waals surface area contributed by atoms with E-state index in [9.17, 15) is 9.18 Å². The molecule has 94 valence electrons. The Kier molecular flexibility index (Phi) is 4.03. The van der Waals surface area contributed by atoms with Crippen molar-refractivity contribution in [2.24, 2.45) is 0 Å². The summed E-state index contributed by atoms with van der Waals surface area (Å²) in [7, 11) is 0. The van der Waals surface area contributed by atoms with Crippen LogP contribution in [0.5, 0.6) is 0 Å². The van der Waals surface area contributed by atoms with Crippen LogP contribution in [-0.2, 0) is 0 Å². The van der Waals surface area contributed by atoms with E-state index in [2.05, 4.69) is 5.32 Å². The molecule has 0 aliphatic carbocycles. The van der Waals surface area contributed by atoms with Gasteiger partial charge in [0.25, 0.3) is 5.91 Å². The predicted molar refractivity (Wildman–Crippen MR) is 60.9 cm³/mol. The van der Waals surface area contributed by atoms with Crippen LogP contribution >= 0.6 is 0 Å². The fraction of sp³-hybridized carbons (Fsp3) is 0.364. The van der Waals surface area contributed by atoms with Crippen molar-refractivity contribution in [3.63, 3.8) is 0 Å². The molecule has 6 heteroatoms. The number of halogens is 1. The van der Waals surface area contributed by atoms with Gasteiger partial charge in [-0.1, -0.05) is 0 Å². The zero-order valence-corrected chi connectivity index (χ0v) is 9.40. The van der Waals surface area contributed by atoms with Crippen LogP contribution in [0.3, 0.4) is 0 Å². The predicted octanol–water partition coefficient (Wildman–Crippen LogP) is -0.119. The van der Waals surface area contributed by atoms with E-state index in [4.69, 9.17) is 15.9 Å². The van der Waals surface area contributed by atoms with Crippen molar-refractivity contribution in [1.82, 2.24) is 5.32 Å². The lowest BCUT2D eigenvalue weighted by Crippen LogP contribution is -2.51. The highest BCUT2D eigenvalue weighted by molar-refractivity contribution is 5.99. The van der Waals surface area contributed by atoms with Crippen LogP contribution in [0.15, 0.2) is 18.2 Å². The summed E-state index contributed by atoms with van der Waals surface area (Å²) in [6.45, 7) is 0.579. The molecule has 5 N–H and O–H groups in total. The third kappa shape index (κ3) is 3.15. The first-order valence-corrected chi connectivity index (χ1v) is 5.01. The number of aliphatic hydroxyl groups is 2. The van der Waals surface area contributed by atoms with Crippen LogP contribution in [0.1, 0.15) is 17.3 Å². The average Bonchev–Trinajstić information content (AvgIpc) is 2.32. The van der Waals surface area contributed by atoms with Gasteiger partial charge in [0, 0.05) is 5.69 Å². The topological polar surface area (TPSA) is 95.6 Å². The number of benzene rings is 1. The molecule has 1 amide bonds. The number of nitrogens with two attached hydrogens (primary N) is 1. The molecule has 0 aliphatic rings. The maximum Gasteiger partial charge on any atom is 0.254 e. The molecule has 5 nitrogen and oxygen atoms in total. The lowest BCUT2D eigenvalue weighted by atomic mass is 10.0. The SMILES string of the molecule is CC(CO)(CO)NC(=O)c1cc(F)ccc1N. The molecule has 1 rings (SSSR count). The highest BCUT2D eigenvalue weighted by Gasteiger charge is 2.26. The van der Waals surface area contributed by atoms with Crippen molar-refractivity contribution in [3.8, 4) is 0 Å². The first-order chi connectivity index (χ1) is 7.91. The van der Waals surface area contributed by atoms with Crippen molar-refractivity contribution >= 4 is 11.6 Å². The fourth-order valence-electron chi connectivity index (χ4n) is 1.20. The van der Waals surface area contributed by atoms with Gasteiger partial charge in [0.15, 0.2) is 0 Å². The van der Waals surface area contributed by atoms with Gasteiger partial charge in [-0.2, -0.15) is 0 Å². The summed E-state index contributed by atoms with van der Waals surface area (Å²) in [6.07, 6.45) is 0. The highest BCUT2D eigenvalue weighted by atomic mass is 19.1. The molecule has 0 fully saturated rings. The standard InChI is InChI=1S/C11H15FN2O3/c1-11(5-15,6-16)14-10(17)8-4-7(12)2-3-9(8)13/h2-4,15-16H,5-6,13H2,1H3,(H,14,17). The van der Waals surface area contributed by atoms with E-state index in [0.29, 0.717) is 0 Å². The normalized spacial score (nSPS) is 11.3. The number of aliphatic hydroxyl groups excluding tert-OH is 2. The van der Waals surface area contributed by atoms with E-state index in [1.165, 1.54) is 13.0 Å². The Morgan fingerprint density at radius 1 is 1.47 bits per heavy atom. The number of amides is 1. The number of nitrogen functional groups attached to an aromatic ring is 1. The second-order valence-corrected chi connectivity index (χ2v) is 4.06. The number of hydrogen-bond donors (Lipinski definition) is 4. The summed E-state index contributed by atoms with van der Waals surface area (Å²) < 4.78 is 13.0. The molecule has 0 unspecified atom stereocenters. The fourth-order valence-corrected chi connectivity index (χ4v) is 1.20. The zero-order valence-electron chi connectivity index (χ0n) is 9.40. The first kappa shape index (κ1) is 13.4. The lowest BCUT2D eigenvalue weighted by molar-refractivity contribution is 0.0724. The second-order valence-electron chi connectivity index (χ2n) is 4.06. The Labute approximate surface area is 98.1 Å². The Bertz CT molecular complexity index is 419. The lowest BCUT2D eigenvalue weighted by Gasteiger charge is -2.26. The molecular weight excluding hydrogens is 227 g/mol. The van der Waals surface area contributed by atoms with Gasteiger partial charge in [0.1, 0.15) is 5.82 Å². The number of carbonyl (C=O) groups is 1. The maximum atomic E-state index is 13.0. The molecule has 1 aromatic carbocycles. The van der Waals surface area contributed by atoms with Gasteiger partial charge in [-0.05, 0) is 25.1 Å². The van der Waals surface area contributed by atoms with E-state index in [0.717, 1.165) is 12.1 Å². The summed E-state index contributed by atoms with van der Waals surface area (Å²) in [5.41, 5.74) is 4.47. The molecule has 0 radical (unpaired) electrons. The van der Waals surface area contributed by atoms with Crippen LogP contribution in [0.4, 0.5) is 10.1 Å². The molecule has 0 spiro atoms. The Morgan fingerprint density at radius 2 is 2.06 bits per heavy atom. The molecule has 0 heterocycles. The van der Waals surface area contributed by atoms with E-state index in [1.54, 1.807) is 0 Å². The number of hydrogen-bond acceptors (Lipinski definition) is 4. The van der Waals surface area contributed by atoms with E-state index in [-0.39, 0.29) is 11.3 Å². The van der Waals surface area contributed by atoms with Gasteiger partial charge in [-0.3, -0.25) is 4.79 Å². The highest BCUT2D eigenvalue weighted by Crippen LogP contribution is 2.14. The van der Waals surface area contributed by atoms with Crippen LogP contribution in [-0.4, -0.2) is 34.9 Å². The number of nitrogens with one attached hydrogen (secondary N) is 1. The van der Waals surface area contributed by atoms with E-state index in [1.807, 2.05) is 0 Å². The first-order valence-electron chi connectivity index (χ1n) is 5.01. The van der Waals surface area contributed by atoms with Crippen LogP contribution in [0, 0.1) is 5.82 Å². The minimum Gasteiger partial charge on any atom is -0.398 e. The van der Waals surface area contributed by atoms with Gasteiger partial charge in [0.05, 0.1) is 24.3 Å². The molecule has 0 bridgehead atoms. The summed E-state index contributed by atoms with van der Waals surface area (Å²) >= 11 is 0. The largest absolute Gasteiger partial charge is 0.398 e. The molecular formula is C11H15FN2O3. The van der Waals surface area contributed by atoms with Crippen molar-refractivity contribution in [2.45, 2.75) is 12.5 Å². The van der Waals surface area contributed by atoms with Crippen LogP contribution < -0.4 is 11.1 Å². The monoisotopic (exact) mass is 242 g/mol. The third-order valence-electron chi connectivity index (χ3n) is 2.37. The number of rotatable bonds is 4. The smallest absolute Gasteiger partial charge is 0.254 e. The Morgan fingerprint density at radius 3 is 2.59 bits per heavy atom. The van der Waals surface area contributed by atoms with Crippen LogP contribution in [0.25, 0.3) is 0 Å². The second kappa shape index (κ2) is 5.11. The van der Waals surface area contributed by atoms with E-state index >= 15 is 0 Å². The van der Waals surface area contributed by atoms with Crippen LogP contribution in [0.2, 0.25) is 0 Å². The van der Waals surface area contributed by atoms with Crippen molar-refractivity contribution in [1.29, 1.82) is 0 Å². The van der Waals surface area contributed by atoms with Gasteiger partial charge in [0.2, 0.25) is 0 Å².